The average molecular weight is 680 g/mol. The molecule has 2 heterocycles. The molecular weight excluding hydrogens is 643 g/mol. The van der Waals surface area contributed by atoms with Crippen LogP contribution in [0.3, 0.4) is 0 Å². The third-order valence-electron chi connectivity index (χ3n) is 8.11. The molecule has 0 spiro atoms. The molecule has 1 aliphatic heterocycles. The SMILES string of the molecule is COc1c(NC(=O)Nc2ccc(-c3cnc4c(c3)NC(=O)C(Cc3ccccc3)O4)c3ccccc23)cc(C(C)(C)C)cc1NS(C)(=O)=O. The smallest absolute Gasteiger partial charge is 0.323 e. The highest BCUT2D eigenvalue weighted by atomic mass is 32.2. The van der Waals surface area contributed by atoms with Gasteiger partial charge in [-0.15, -0.1) is 0 Å². The van der Waals surface area contributed by atoms with Crippen molar-refractivity contribution in [2.45, 2.75) is 38.7 Å². The monoisotopic (exact) mass is 679 g/mol. The number of aromatic nitrogens is 1. The number of ether oxygens (including phenoxy) is 2. The van der Waals surface area contributed by atoms with E-state index in [0.29, 0.717) is 29.4 Å². The number of hydrogen-bond acceptors (Lipinski definition) is 7. The number of methoxy groups -OCH3 is 1. The maximum atomic E-state index is 13.5. The largest absolute Gasteiger partial charge is 0.492 e. The Bertz CT molecular complexity index is 2180. The van der Waals surface area contributed by atoms with E-state index in [1.165, 1.54) is 7.11 Å². The van der Waals surface area contributed by atoms with Crippen LogP contribution in [0.25, 0.3) is 21.9 Å². The zero-order valence-corrected chi connectivity index (χ0v) is 28.6. The lowest BCUT2D eigenvalue weighted by atomic mass is 9.86. The second-order valence-corrected chi connectivity index (χ2v) is 14.6. The number of fused-ring (bicyclic) bond motifs is 2. The Hall–Kier alpha value is -5.62. The molecule has 5 aromatic rings. The summed E-state index contributed by atoms with van der Waals surface area (Å²) in [5.74, 6) is 0.287. The highest BCUT2D eigenvalue weighted by Gasteiger charge is 2.29. The minimum Gasteiger partial charge on any atom is -0.492 e. The summed E-state index contributed by atoms with van der Waals surface area (Å²) in [6, 6.07) is 25.7. The molecule has 1 atom stereocenters. The summed E-state index contributed by atoms with van der Waals surface area (Å²) in [6.45, 7) is 5.95. The van der Waals surface area contributed by atoms with Crippen LogP contribution in [-0.4, -0.2) is 44.8 Å². The summed E-state index contributed by atoms with van der Waals surface area (Å²) in [5.41, 5.74) is 4.56. The quantitative estimate of drug-likeness (QED) is 0.136. The van der Waals surface area contributed by atoms with Gasteiger partial charge in [0.05, 0.1) is 30.4 Å². The van der Waals surface area contributed by atoms with Crippen molar-refractivity contribution < 1.29 is 27.5 Å². The van der Waals surface area contributed by atoms with Crippen molar-refractivity contribution in [1.82, 2.24) is 4.98 Å². The van der Waals surface area contributed by atoms with Gasteiger partial charge in [0, 0.05) is 23.6 Å². The van der Waals surface area contributed by atoms with Crippen LogP contribution in [-0.2, 0) is 26.7 Å². The first kappa shape index (κ1) is 33.3. The first-order valence-electron chi connectivity index (χ1n) is 15.6. The van der Waals surface area contributed by atoms with E-state index in [0.717, 1.165) is 39.3 Å². The predicted molar refractivity (Wildman–Crippen MR) is 193 cm³/mol. The summed E-state index contributed by atoms with van der Waals surface area (Å²) in [4.78, 5) is 30.9. The Morgan fingerprint density at radius 2 is 1.59 bits per heavy atom. The molecule has 0 bridgehead atoms. The number of benzene rings is 4. The van der Waals surface area contributed by atoms with Crippen LogP contribution >= 0.6 is 0 Å². The highest BCUT2D eigenvalue weighted by molar-refractivity contribution is 7.92. The fourth-order valence-corrected chi connectivity index (χ4v) is 6.28. The summed E-state index contributed by atoms with van der Waals surface area (Å²) in [6.07, 6.45) is 2.49. The van der Waals surface area contributed by atoms with Gasteiger partial charge in [-0.3, -0.25) is 9.52 Å². The molecule has 3 amide bonds. The van der Waals surface area contributed by atoms with Crippen molar-refractivity contribution in [2.75, 3.05) is 34.0 Å². The Balaban J connectivity index is 1.27. The Morgan fingerprint density at radius 1 is 0.918 bits per heavy atom. The van der Waals surface area contributed by atoms with Gasteiger partial charge in [-0.2, -0.15) is 0 Å². The van der Waals surface area contributed by atoms with Gasteiger partial charge in [0.1, 0.15) is 5.69 Å². The molecule has 0 saturated heterocycles. The van der Waals surface area contributed by atoms with Crippen molar-refractivity contribution in [2.24, 2.45) is 0 Å². The number of nitrogens with zero attached hydrogens (tertiary/aromatic N) is 1. The van der Waals surface area contributed by atoms with Crippen molar-refractivity contribution in [3.8, 4) is 22.8 Å². The first-order valence-corrected chi connectivity index (χ1v) is 17.5. The highest BCUT2D eigenvalue weighted by Crippen LogP contribution is 2.40. The third-order valence-corrected chi connectivity index (χ3v) is 8.70. The molecule has 6 rings (SSSR count). The second kappa shape index (κ2) is 13.1. The van der Waals surface area contributed by atoms with E-state index in [4.69, 9.17) is 9.47 Å². The van der Waals surface area contributed by atoms with Gasteiger partial charge < -0.3 is 25.4 Å². The maximum absolute atomic E-state index is 13.5. The van der Waals surface area contributed by atoms with Gasteiger partial charge in [0.15, 0.2) is 11.9 Å². The summed E-state index contributed by atoms with van der Waals surface area (Å²) in [7, 11) is -2.22. The van der Waals surface area contributed by atoms with Crippen LogP contribution in [0.2, 0.25) is 0 Å². The van der Waals surface area contributed by atoms with Gasteiger partial charge in [-0.1, -0.05) is 81.4 Å². The number of amides is 3. The number of anilines is 4. The van der Waals surface area contributed by atoms with Crippen molar-refractivity contribution >= 4 is 55.5 Å². The minimum absolute atomic E-state index is 0.177. The van der Waals surface area contributed by atoms with Gasteiger partial charge in [-0.25, -0.2) is 18.2 Å². The zero-order chi connectivity index (χ0) is 34.9. The van der Waals surface area contributed by atoms with Crippen LogP contribution in [0.15, 0.2) is 91.1 Å². The molecule has 1 aromatic heterocycles. The predicted octanol–water partition coefficient (Wildman–Crippen LogP) is 7.17. The molecule has 49 heavy (non-hydrogen) atoms. The summed E-state index contributed by atoms with van der Waals surface area (Å²) in [5, 5.41) is 10.3. The van der Waals surface area contributed by atoms with Crippen molar-refractivity contribution in [3.63, 3.8) is 0 Å². The number of nitrogens with one attached hydrogen (secondary N) is 4. The maximum Gasteiger partial charge on any atom is 0.323 e. The molecule has 0 aliphatic carbocycles. The van der Waals surface area contributed by atoms with E-state index in [2.05, 4.69) is 25.7 Å². The van der Waals surface area contributed by atoms with Gasteiger partial charge >= 0.3 is 6.03 Å². The van der Waals surface area contributed by atoms with Crippen LogP contribution < -0.4 is 30.1 Å². The lowest BCUT2D eigenvalue weighted by Crippen LogP contribution is -2.38. The molecule has 0 saturated carbocycles. The Morgan fingerprint density at radius 3 is 2.29 bits per heavy atom. The standard InChI is InChI=1S/C37H37N5O6S/c1-37(2,3)24-19-29(33(47-4)30(20-24)42-49(5,45)46)41-36(44)40-28-16-15-25(26-13-9-10-14-27(26)28)23-18-31-35(38-21-23)48-32(34(43)39-31)17-22-11-7-6-8-12-22/h6-16,18-21,32,42H,17H2,1-5H3,(H,39,43)(H2,40,41,44). The van der Waals surface area contributed by atoms with Gasteiger partial charge in [-0.05, 0) is 51.8 Å². The average Bonchev–Trinajstić information content (AvgIpc) is 3.04. The number of urea groups is 1. The van der Waals surface area contributed by atoms with Crippen molar-refractivity contribution in [3.05, 3.63) is 102 Å². The number of pyridine rings is 1. The second-order valence-electron chi connectivity index (χ2n) is 12.9. The molecule has 12 heteroatoms. The molecule has 4 aromatic carbocycles. The first-order chi connectivity index (χ1) is 23.3. The van der Waals surface area contributed by atoms with Crippen LogP contribution in [0.1, 0.15) is 31.9 Å². The number of rotatable bonds is 8. The summed E-state index contributed by atoms with van der Waals surface area (Å²) < 4.78 is 38.3. The molecule has 1 aliphatic rings. The normalized spacial score (nSPS) is 14.3. The van der Waals surface area contributed by atoms with E-state index in [1.54, 1.807) is 24.4 Å². The number of hydrogen-bond donors (Lipinski definition) is 4. The Labute approximate surface area is 285 Å². The minimum atomic E-state index is -3.63. The van der Waals surface area contributed by atoms with Crippen LogP contribution in [0, 0.1) is 0 Å². The van der Waals surface area contributed by atoms with E-state index < -0.39 is 22.2 Å². The molecule has 11 nitrogen and oxygen atoms in total. The summed E-state index contributed by atoms with van der Waals surface area (Å²) >= 11 is 0. The molecule has 0 fully saturated rings. The van der Waals surface area contributed by atoms with E-state index in [1.807, 2.05) is 87.5 Å². The number of sulfonamides is 1. The molecular formula is C37H37N5O6S. The molecule has 252 valence electrons. The van der Waals surface area contributed by atoms with Crippen LogP contribution in [0.5, 0.6) is 11.6 Å². The van der Waals surface area contributed by atoms with Crippen LogP contribution in [0.4, 0.5) is 27.5 Å². The van der Waals surface area contributed by atoms with E-state index in [-0.39, 0.29) is 22.8 Å². The number of carbonyl (C=O) groups is 2. The fourth-order valence-electron chi connectivity index (χ4n) is 5.73. The lowest BCUT2D eigenvalue weighted by Gasteiger charge is -2.25. The van der Waals surface area contributed by atoms with E-state index in [9.17, 15) is 18.0 Å². The third kappa shape index (κ3) is 7.44. The Kier molecular flexibility index (Phi) is 8.91. The van der Waals surface area contributed by atoms with Gasteiger partial charge in [0.25, 0.3) is 5.91 Å². The number of carbonyl (C=O) groups excluding carboxylic acids is 2. The molecule has 0 radical (unpaired) electrons. The molecule has 4 N–H and O–H groups in total. The van der Waals surface area contributed by atoms with E-state index >= 15 is 0 Å². The fraction of sp³-hybridized carbons (Fsp3) is 0.216. The van der Waals surface area contributed by atoms with Crippen molar-refractivity contribution in [1.29, 1.82) is 0 Å². The lowest BCUT2D eigenvalue weighted by molar-refractivity contribution is -0.123. The zero-order valence-electron chi connectivity index (χ0n) is 27.7. The topological polar surface area (TPSA) is 148 Å². The van der Waals surface area contributed by atoms with Gasteiger partial charge in [0.2, 0.25) is 15.9 Å². The molecule has 1 unspecified atom stereocenters.